The molecule has 0 amide bonds. The normalized spacial score (nSPS) is 14.9. The summed E-state index contributed by atoms with van der Waals surface area (Å²) in [5.74, 6) is 1.62. The first-order chi connectivity index (χ1) is 15.5. The highest BCUT2D eigenvalue weighted by Crippen LogP contribution is 2.30. The van der Waals surface area contributed by atoms with Crippen LogP contribution >= 0.6 is 0 Å². The van der Waals surface area contributed by atoms with E-state index in [0.29, 0.717) is 36.8 Å². The zero-order valence-corrected chi connectivity index (χ0v) is 18.4. The summed E-state index contributed by atoms with van der Waals surface area (Å²) >= 11 is 0. The smallest absolute Gasteiger partial charge is 0.331 e. The van der Waals surface area contributed by atoms with Crippen LogP contribution in [0.4, 0.5) is 5.82 Å². The van der Waals surface area contributed by atoms with Gasteiger partial charge in [-0.3, -0.25) is 13.9 Å². The van der Waals surface area contributed by atoms with Gasteiger partial charge >= 0.3 is 5.69 Å². The van der Waals surface area contributed by atoms with Crippen molar-refractivity contribution in [3.63, 3.8) is 0 Å². The fourth-order valence-corrected chi connectivity index (χ4v) is 4.65. The predicted molar refractivity (Wildman–Crippen MR) is 125 cm³/mol. The third-order valence-electron chi connectivity index (χ3n) is 6.41. The van der Waals surface area contributed by atoms with Crippen LogP contribution < -0.4 is 20.9 Å². The Kier molecular flexibility index (Phi) is 4.92. The van der Waals surface area contributed by atoms with Gasteiger partial charge in [0.15, 0.2) is 0 Å². The van der Waals surface area contributed by atoms with Crippen LogP contribution in [0.15, 0.2) is 52.3 Å². The zero-order chi connectivity index (χ0) is 22.4. The molecule has 5 rings (SSSR count). The summed E-state index contributed by atoms with van der Waals surface area (Å²) in [7, 11) is 3.36. The van der Waals surface area contributed by atoms with Crippen molar-refractivity contribution in [1.29, 1.82) is 0 Å². The van der Waals surface area contributed by atoms with E-state index in [1.54, 1.807) is 25.1 Å². The lowest BCUT2D eigenvalue weighted by Crippen LogP contribution is -2.45. The minimum absolute atomic E-state index is 0.143. The molecule has 1 saturated heterocycles. The molecule has 3 heterocycles. The Balaban J connectivity index is 1.47. The highest BCUT2D eigenvalue weighted by molar-refractivity contribution is 5.90. The van der Waals surface area contributed by atoms with Crippen LogP contribution in [0.1, 0.15) is 24.4 Å². The Morgan fingerprint density at radius 1 is 1.00 bits per heavy atom. The Labute approximate surface area is 184 Å². The van der Waals surface area contributed by atoms with E-state index < -0.39 is 0 Å². The maximum Gasteiger partial charge on any atom is 0.331 e. The first-order valence-corrected chi connectivity index (χ1v) is 10.7. The second-order valence-corrected chi connectivity index (χ2v) is 8.34. The van der Waals surface area contributed by atoms with Crippen LogP contribution in [0, 0.1) is 6.92 Å². The first kappa shape index (κ1) is 20.2. The van der Waals surface area contributed by atoms with Gasteiger partial charge in [-0.25, -0.2) is 14.8 Å². The lowest BCUT2D eigenvalue weighted by Gasteiger charge is -2.34. The number of benzene rings is 2. The zero-order valence-electron chi connectivity index (χ0n) is 18.4. The number of ether oxygens (including phenoxy) is 1. The van der Waals surface area contributed by atoms with Gasteiger partial charge in [-0.2, -0.15) is 0 Å². The first-order valence-electron chi connectivity index (χ1n) is 10.7. The second-order valence-electron chi connectivity index (χ2n) is 8.34. The van der Waals surface area contributed by atoms with Crippen LogP contribution in [0.5, 0.6) is 5.75 Å². The molecule has 8 nitrogen and oxygen atoms in total. The largest absolute Gasteiger partial charge is 0.497 e. The number of hydrogen-bond acceptors (Lipinski definition) is 6. The third kappa shape index (κ3) is 3.23. The van der Waals surface area contributed by atoms with E-state index in [1.807, 2.05) is 43.3 Å². The van der Waals surface area contributed by atoms with Gasteiger partial charge in [-0.15, -0.1) is 0 Å². The van der Waals surface area contributed by atoms with Crippen molar-refractivity contribution in [2.24, 2.45) is 7.05 Å². The topological polar surface area (TPSA) is 82.2 Å². The molecule has 8 heteroatoms. The van der Waals surface area contributed by atoms with Crippen molar-refractivity contribution in [2.75, 3.05) is 25.1 Å². The van der Waals surface area contributed by atoms with E-state index in [4.69, 9.17) is 4.74 Å². The minimum Gasteiger partial charge on any atom is -0.497 e. The van der Waals surface area contributed by atoms with Gasteiger partial charge in [0.2, 0.25) is 0 Å². The molecule has 0 spiro atoms. The molecule has 0 unspecified atom stereocenters. The summed E-state index contributed by atoms with van der Waals surface area (Å²) < 4.78 is 8.33. The van der Waals surface area contributed by atoms with Gasteiger partial charge in [0.1, 0.15) is 17.9 Å². The Hall–Kier alpha value is -3.68. The van der Waals surface area contributed by atoms with Crippen LogP contribution in [-0.2, 0) is 7.05 Å². The monoisotopic (exact) mass is 431 g/mol. The van der Waals surface area contributed by atoms with E-state index in [2.05, 4.69) is 14.9 Å². The molecule has 0 N–H and O–H groups in total. The molecule has 0 radical (unpaired) electrons. The quantitative estimate of drug-likeness (QED) is 0.496. The number of methoxy groups -OCH3 is 1. The number of nitrogens with zero attached hydrogens (tertiary/aromatic N) is 5. The molecule has 32 heavy (non-hydrogen) atoms. The van der Waals surface area contributed by atoms with Crippen molar-refractivity contribution in [2.45, 2.75) is 25.8 Å². The Morgan fingerprint density at radius 2 is 1.78 bits per heavy atom. The summed E-state index contributed by atoms with van der Waals surface area (Å²) in [4.78, 5) is 37.4. The van der Waals surface area contributed by atoms with Crippen molar-refractivity contribution in [3.05, 3.63) is 69.1 Å². The molecule has 1 fully saturated rings. The van der Waals surface area contributed by atoms with E-state index in [9.17, 15) is 9.59 Å². The summed E-state index contributed by atoms with van der Waals surface area (Å²) in [6.07, 6.45) is 2.94. The highest BCUT2D eigenvalue weighted by atomic mass is 16.5. The summed E-state index contributed by atoms with van der Waals surface area (Å²) in [5, 5.41) is 1.55. The van der Waals surface area contributed by atoms with Crippen molar-refractivity contribution in [1.82, 2.24) is 19.1 Å². The van der Waals surface area contributed by atoms with E-state index in [-0.39, 0.29) is 17.3 Å². The standard InChI is InChI=1S/C24H25N5O3/c1-15-4-7-21-19(12-15)23(30)29(24(31)27(21)2)16-8-10-28(11-9-16)22-18-6-5-17(32-3)13-20(18)25-14-26-22/h4-7,12-14,16H,8-11H2,1-3H3. The molecule has 164 valence electrons. The predicted octanol–water partition coefficient (Wildman–Crippen LogP) is 2.80. The minimum atomic E-state index is -0.260. The Bertz CT molecular complexity index is 1450. The number of hydrogen-bond donors (Lipinski definition) is 0. The van der Waals surface area contributed by atoms with Gasteiger partial charge < -0.3 is 9.64 Å². The number of fused-ring (bicyclic) bond motifs is 2. The summed E-state index contributed by atoms with van der Waals surface area (Å²) in [5.41, 5.74) is 2.03. The maximum atomic E-state index is 13.2. The molecule has 0 atom stereocenters. The molecule has 0 aliphatic carbocycles. The molecule has 0 saturated carbocycles. The van der Waals surface area contributed by atoms with Crippen LogP contribution in [0.2, 0.25) is 0 Å². The molecular weight excluding hydrogens is 406 g/mol. The summed E-state index contributed by atoms with van der Waals surface area (Å²) in [6.45, 7) is 3.35. The number of anilines is 1. The highest BCUT2D eigenvalue weighted by Gasteiger charge is 2.26. The number of aryl methyl sites for hydroxylation is 2. The molecule has 1 aliphatic rings. The fourth-order valence-electron chi connectivity index (χ4n) is 4.65. The molecule has 2 aromatic carbocycles. The molecule has 2 aromatic heterocycles. The van der Waals surface area contributed by atoms with E-state index >= 15 is 0 Å². The van der Waals surface area contributed by atoms with E-state index in [1.165, 1.54) is 4.57 Å². The SMILES string of the molecule is COc1ccc2c(N3CCC(n4c(=O)c5cc(C)ccc5n(C)c4=O)CC3)ncnc2c1. The number of piperidine rings is 1. The molecule has 4 aromatic rings. The van der Waals surface area contributed by atoms with Crippen molar-refractivity contribution >= 4 is 27.6 Å². The third-order valence-corrected chi connectivity index (χ3v) is 6.41. The number of rotatable bonds is 3. The lowest BCUT2D eigenvalue weighted by molar-refractivity contribution is 0.371. The maximum absolute atomic E-state index is 13.2. The summed E-state index contributed by atoms with van der Waals surface area (Å²) in [6, 6.07) is 11.3. The lowest BCUT2D eigenvalue weighted by atomic mass is 10.0. The second kappa shape index (κ2) is 7.78. The average molecular weight is 431 g/mol. The molecule has 1 aliphatic heterocycles. The van der Waals surface area contributed by atoms with Gasteiger partial charge in [0.25, 0.3) is 5.56 Å². The fraction of sp³-hybridized carbons (Fsp3) is 0.333. The van der Waals surface area contributed by atoms with Gasteiger partial charge in [-0.1, -0.05) is 11.6 Å². The molecular formula is C24H25N5O3. The van der Waals surface area contributed by atoms with E-state index in [0.717, 1.165) is 28.0 Å². The average Bonchev–Trinajstić information content (AvgIpc) is 2.82. The van der Waals surface area contributed by atoms with Crippen LogP contribution in [-0.4, -0.2) is 39.3 Å². The van der Waals surface area contributed by atoms with Crippen LogP contribution in [0.3, 0.4) is 0 Å². The van der Waals surface area contributed by atoms with Crippen LogP contribution in [0.25, 0.3) is 21.8 Å². The van der Waals surface area contributed by atoms with Gasteiger partial charge in [0.05, 0.1) is 23.5 Å². The Morgan fingerprint density at radius 3 is 2.53 bits per heavy atom. The van der Waals surface area contributed by atoms with Crippen molar-refractivity contribution in [3.8, 4) is 5.75 Å². The molecule has 0 bridgehead atoms. The van der Waals surface area contributed by atoms with Crippen molar-refractivity contribution < 1.29 is 4.74 Å². The number of aromatic nitrogens is 4. The van der Waals surface area contributed by atoms with Gasteiger partial charge in [-0.05, 0) is 44.0 Å². The van der Waals surface area contributed by atoms with Gasteiger partial charge in [0, 0.05) is 37.6 Å².